The monoisotopic (exact) mass is 516 g/mol. The number of aromatic nitrogens is 2. The number of fused-ring (bicyclic) bond motifs is 2. The summed E-state index contributed by atoms with van der Waals surface area (Å²) in [6.45, 7) is 2.47. The van der Waals surface area contributed by atoms with Gasteiger partial charge in [0.05, 0.1) is 30.6 Å². The molecule has 1 unspecified atom stereocenters. The van der Waals surface area contributed by atoms with E-state index in [1.54, 1.807) is 18.0 Å². The summed E-state index contributed by atoms with van der Waals surface area (Å²) in [6.07, 6.45) is 3.05. The molecule has 0 aliphatic carbocycles. The van der Waals surface area contributed by atoms with Gasteiger partial charge in [-0.3, -0.25) is 4.90 Å². The Bertz CT molecular complexity index is 1270. The standard InChI is InChI=1S/C29H32N4O3S/c1-31-15-14-30-29(31)21-36-24-12-10-22(11-13-24)18-32(16-17-34)19-23(35)20-33-25-6-2-4-8-27(25)37-28-9-5-3-7-26(28)33/h2-15,23,34-35H,16-21H2,1H3. The smallest absolute Gasteiger partial charge is 0.146 e. The first-order valence-electron chi connectivity index (χ1n) is 12.4. The van der Waals surface area contributed by atoms with Crippen LogP contribution in [0.4, 0.5) is 11.4 Å². The minimum atomic E-state index is -0.601. The van der Waals surface area contributed by atoms with E-state index in [0.29, 0.717) is 32.8 Å². The molecule has 0 saturated carbocycles. The van der Waals surface area contributed by atoms with Crippen molar-refractivity contribution in [1.82, 2.24) is 14.5 Å². The molecule has 192 valence electrons. The molecule has 1 aliphatic heterocycles. The zero-order valence-electron chi connectivity index (χ0n) is 20.9. The van der Waals surface area contributed by atoms with E-state index in [4.69, 9.17) is 4.74 Å². The average Bonchev–Trinajstić information content (AvgIpc) is 3.32. The summed E-state index contributed by atoms with van der Waals surface area (Å²) < 4.78 is 7.80. The minimum Gasteiger partial charge on any atom is -0.486 e. The van der Waals surface area contributed by atoms with Gasteiger partial charge in [-0.25, -0.2) is 4.98 Å². The second-order valence-corrected chi connectivity index (χ2v) is 10.2. The van der Waals surface area contributed by atoms with E-state index >= 15 is 0 Å². The molecule has 5 rings (SSSR count). The van der Waals surface area contributed by atoms with Gasteiger partial charge in [-0.15, -0.1) is 0 Å². The largest absolute Gasteiger partial charge is 0.486 e. The molecule has 0 bridgehead atoms. The van der Waals surface area contributed by atoms with E-state index in [1.165, 1.54) is 9.79 Å². The lowest BCUT2D eigenvalue weighted by Gasteiger charge is -2.35. The predicted octanol–water partition coefficient (Wildman–Crippen LogP) is 4.46. The first-order valence-corrected chi connectivity index (χ1v) is 13.2. The molecule has 37 heavy (non-hydrogen) atoms. The molecule has 1 aromatic heterocycles. The van der Waals surface area contributed by atoms with Crippen molar-refractivity contribution in [1.29, 1.82) is 0 Å². The zero-order valence-corrected chi connectivity index (χ0v) is 21.7. The number of hydrogen-bond acceptors (Lipinski definition) is 7. The fourth-order valence-corrected chi connectivity index (χ4v) is 5.65. The third-order valence-corrected chi connectivity index (χ3v) is 7.56. The van der Waals surface area contributed by atoms with Crippen LogP contribution in [0.25, 0.3) is 0 Å². The average molecular weight is 517 g/mol. The quantitative estimate of drug-likeness (QED) is 0.305. The van der Waals surface area contributed by atoms with E-state index in [9.17, 15) is 10.2 Å². The fraction of sp³-hybridized carbons (Fsp3) is 0.276. The SMILES string of the molecule is Cn1ccnc1COc1ccc(CN(CCO)CC(O)CN2c3ccccc3Sc3ccccc32)cc1. The number of aliphatic hydroxyl groups is 2. The Kier molecular flexibility index (Phi) is 8.11. The number of nitrogens with zero attached hydrogens (tertiary/aromatic N) is 4. The maximum absolute atomic E-state index is 11.2. The Balaban J connectivity index is 1.22. The lowest BCUT2D eigenvalue weighted by atomic mass is 10.1. The summed E-state index contributed by atoms with van der Waals surface area (Å²) in [5, 5.41) is 20.8. The van der Waals surface area contributed by atoms with E-state index in [-0.39, 0.29) is 6.61 Å². The van der Waals surface area contributed by atoms with Gasteiger partial charge in [-0.1, -0.05) is 48.2 Å². The molecule has 1 atom stereocenters. The molecule has 0 amide bonds. The van der Waals surface area contributed by atoms with Crippen molar-refractivity contribution in [3.05, 3.63) is 96.6 Å². The number of aryl methyl sites for hydroxylation is 1. The Morgan fingerprint density at radius 3 is 2.27 bits per heavy atom. The van der Waals surface area contributed by atoms with Gasteiger partial charge in [0.1, 0.15) is 18.2 Å². The van der Waals surface area contributed by atoms with Gasteiger partial charge < -0.3 is 24.4 Å². The molecular weight excluding hydrogens is 484 g/mol. The molecule has 0 radical (unpaired) electrons. The summed E-state index contributed by atoms with van der Waals surface area (Å²) in [5.41, 5.74) is 3.32. The van der Waals surface area contributed by atoms with Crippen LogP contribution in [-0.4, -0.2) is 57.0 Å². The van der Waals surface area contributed by atoms with Gasteiger partial charge in [-0.05, 0) is 42.0 Å². The number of aliphatic hydroxyl groups excluding tert-OH is 2. The highest BCUT2D eigenvalue weighted by Crippen LogP contribution is 2.47. The number of hydrogen-bond donors (Lipinski definition) is 2. The summed E-state index contributed by atoms with van der Waals surface area (Å²) in [7, 11) is 1.95. The van der Waals surface area contributed by atoms with Crippen LogP contribution in [0.2, 0.25) is 0 Å². The fourth-order valence-electron chi connectivity index (χ4n) is 4.55. The zero-order chi connectivity index (χ0) is 25.6. The van der Waals surface area contributed by atoms with E-state index in [1.807, 2.05) is 66.3 Å². The highest BCUT2D eigenvalue weighted by Gasteiger charge is 2.25. The van der Waals surface area contributed by atoms with Gasteiger partial charge in [-0.2, -0.15) is 0 Å². The van der Waals surface area contributed by atoms with Gasteiger partial charge in [0.15, 0.2) is 0 Å². The Morgan fingerprint density at radius 1 is 0.973 bits per heavy atom. The van der Waals surface area contributed by atoms with Crippen molar-refractivity contribution in [2.75, 3.05) is 31.1 Å². The van der Waals surface area contributed by atoms with Crippen LogP contribution < -0.4 is 9.64 Å². The van der Waals surface area contributed by atoms with Crippen molar-refractivity contribution in [2.45, 2.75) is 29.0 Å². The van der Waals surface area contributed by atoms with Crippen molar-refractivity contribution in [2.24, 2.45) is 7.05 Å². The molecule has 4 aromatic rings. The molecule has 0 fully saturated rings. The highest BCUT2D eigenvalue weighted by molar-refractivity contribution is 7.99. The van der Waals surface area contributed by atoms with Crippen LogP contribution >= 0.6 is 11.8 Å². The van der Waals surface area contributed by atoms with E-state index in [0.717, 1.165) is 28.5 Å². The molecule has 8 heteroatoms. The second kappa shape index (κ2) is 11.8. The lowest BCUT2D eigenvalue weighted by molar-refractivity contribution is 0.100. The van der Waals surface area contributed by atoms with Crippen LogP contribution in [0.5, 0.6) is 5.75 Å². The summed E-state index contributed by atoms with van der Waals surface area (Å²) in [6, 6.07) is 24.6. The Morgan fingerprint density at radius 2 is 1.65 bits per heavy atom. The maximum Gasteiger partial charge on any atom is 0.146 e. The summed E-state index contributed by atoms with van der Waals surface area (Å²) in [5.74, 6) is 1.64. The number of anilines is 2. The van der Waals surface area contributed by atoms with Gasteiger partial charge in [0.2, 0.25) is 0 Å². The summed E-state index contributed by atoms with van der Waals surface area (Å²) in [4.78, 5) is 10.9. The van der Waals surface area contributed by atoms with Crippen LogP contribution in [0.1, 0.15) is 11.4 Å². The van der Waals surface area contributed by atoms with E-state index in [2.05, 4.69) is 39.0 Å². The maximum atomic E-state index is 11.2. The number of benzene rings is 3. The number of β-amino-alcohol motifs (C(OH)–C–C–N with tert-alkyl or cyclic N) is 1. The van der Waals surface area contributed by atoms with Crippen LogP contribution in [0.15, 0.2) is 95.0 Å². The van der Waals surface area contributed by atoms with E-state index < -0.39 is 6.10 Å². The number of ether oxygens (including phenoxy) is 1. The molecular formula is C29H32N4O3S. The van der Waals surface area contributed by atoms with Crippen molar-refractivity contribution in [3.8, 4) is 5.75 Å². The summed E-state index contributed by atoms with van der Waals surface area (Å²) >= 11 is 1.76. The van der Waals surface area contributed by atoms with Crippen molar-refractivity contribution in [3.63, 3.8) is 0 Å². The lowest BCUT2D eigenvalue weighted by Crippen LogP contribution is -2.40. The Labute approximate surface area is 221 Å². The molecule has 2 heterocycles. The number of imidazole rings is 1. The normalized spacial score (nSPS) is 13.4. The minimum absolute atomic E-state index is 0.0313. The van der Waals surface area contributed by atoms with Crippen LogP contribution in [-0.2, 0) is 20.2 Å². The van der Waals surface area contributed by atoms with Crippen LogP contribution in [0.3, 0.4) is 0 Å². The molecule has 0 spiro atoms. The predicted molar refractivity (Wildman–Crippen MR) is 146 cm³/mol. The van der Waals surface area contributed by atoms with Gasteiger partial charge >= 0.3 is 0 Å². The van der Waals surface area contributed by atoms with Gasteiger partial charge in [0.25, 0.3) is 0 Å². The molecule has 7 nitrogen and oxygen atoms in total. The van der Waals surface area contributed by atoms with Crippen LogP contribution in [0, 0.1) is 0 Å². The van der Waals surface area contributed by atoms with Gasteiger partial charge in [0, 0.05) is 48.9 Å². The highest BCUT2D eigenvalue weighted by atomic mass is 32.2. The molecule has 3 aromatic carbocycles. The first-order chi connectivity index (χ1) is 18.1. The topological polar surface area (TPSA) is 74.0 Å². The van der Waals surface area contributed by atoms with Crippen molar-refractivity contribution < 1.29 is 14.9 Å². The number of para-hydroxylation sites is 2. The molecule has 2 N–H and O–H groups in total. The molecule has 1 aliphatic rings. The Hall–Kier alpha value is -3.30. The second-order valence-electron chi connectivity index (χ2n) is 9.15. The number of rotatable bonds is 11. The molecule has 0 saturated heterocycles. The third kappa shape index (κ3) is 6.17. The first kappa shape index (κ1) is 25.4. The third-order valence-electron chi connectivity index (χ3n) is 6.43. The van der Waals surface area contributed by atoms with Crippen molar-refractivity contribution >= 4 is 23.1 Å².